The fourth-order valence-electron chi connectivity index (χ4n) is 3.27. The molecule has 0 spiro atoms. The molecule has 4 rings (SSSR count). The Labute approximate surface area is 187 Å². The van der Waals surface area contributed by atoms with Crippen molar-refractivity contribution >= 4 is 32.3 Å². The molecule has 4 heterocycles. The van der Waals surface area contributed by atoms with Gasteiger partial charge < -0.3 is 9.88 Å². The molecule has 0 aliphatic rings. The van der Waals surface area contributed by atoms with E-state index in [1.165, 1.54) is 24.6 Å². The summed E-state index contributed by atoms with van der Waals surface area (Å²) in [6.07, 6.45) is -7.20. The third-order valence-electron chi connectivity index (χ3n) is 4.91. The van der Waals surface area contributed by atoms with Crippen LogP contribution < -0.4 is 5.32 Å². The van der Waals surface area contributed by atoms with Crippen molar-refractivity contribution in [3.63, 3.8) is 0 Å². The molecule has 0 aliphatic heterocycles. The molecule has 0 saturated carbocycles. The van der Waals surface area contributed by atoms with Gasteiger partial charge in [-0.15, -0.1) is 0 Å². The number of nitrogens with one attached hydrogen (secondary N) is 1. The quantitative estimate of drug-likeness (QED) is 0.413. The summed E-state index contributed by atoms with van der Waals surface area (Å²) in [6.45, 7) is -0.0802. The van der Waals surface area contributed by atoms with Crippen molar-refractivity contribution in [1.82, 2.24) is 29.1 Å². The first-order chi connectivity index (χ1) is 15.7. The molecule has 0 atom stereocenters. The van der Waals surface area contributed by atoms with E-state index in [9.17, 15) is 34.8 Å². The molecule has 34 heavy (non-hydrogen) atoms. The summed E-state index contributed by atoms with van der Waals surface area (Å²) >= 11 is 0. The van der Waals surface area contributed by atoms with Gasteiger partial charge in [-0.3, -0.25) is 0 Å². The van der Waals surface area contributed by atoms with Crippen LogP contribution in [0.15, 0.2) is 29.6 Å². The lowest BCUT2D eigenvalue weighted by molar-refractivity contribution is -0.141. The second-order valence-electron chi connectivity index (χ2n) is 7.17. The summed E-state index contributed by atoms with van der Waals surface area (Å²) in [5.41, 5.74) is -1.46. The first-order valence-electron chi connectivity index (χ1n) is 9.54. The number of anilines is 1. The average Bonchev–Trinajstić information content (AvgIpc) is 3.29. The van der Waals surface area contributed by atoms with Crippen LogP contribution in [-0.2, 0) is 23.1 Å². The number of alkyl halides is 6. The number of fused-ring (bicyclic) bond motifs is 2. The number of hydrogen-bond acceptors (Lipinski definition) is 7. The van der Waals surface area contributed by atoms with Gasteiger partial charge in [0.05, 0.1) is 23.0 Å². The zero-order valence-electron chi connectivity index (χ0n) is 17.4. The number of hydrogen-bond donors (Lipinski definition) is 1. The Kier molecular flexibility index (Phi) is 5.45. The second kappa shape index (κ2) is 7.82. The molecule has 0 aromatic carbocycles. The van der Waals surface area contributed by atoms with Crippen molar-refractivity contribution in [2.45, 2.75) is 24.3 Å². The molecule has 0 fully saturated rings. The third-order valence-corrected chi connectivity index (χ3v) is 6.55. The van der Waals surface area contributed by atoms with E-state index in [4.69, 9.17) is 0 Å². The van der Waals surface area contributed by atoms with Crippen molar-refractivity contribution in [2.75, 3.05) is 17.6 Å². The van der Waals surface area contributed by atoms with Gasteiger partial charge in [-0.2, -0.15) is 36.0 Å². The largest absolute Gasteiger partial charge is 0.433 e. The topological polar surface area (TPSA) is 107 Å². The van der Waals surface area contributed by atoms with Crippen molar-refractivity contribution in [1.29, 1.82) is 0 Å². The van der Waals surface area contributed by atoms with Crippen LogP contribution in [0.5, 0.6) is 0 Å². The Morgan fingerprint density at radius 3 is 2.44 bits per heavy atom. The first-order valence-corrected chi connectivity index (χ1v) is 11.2. The Hall–Kier alpha value is -3.43. The molecule has 16 heteroatoms. The summed E-state index contributed by atoms with van der Waals surface area (Å²) < 4.78 is 105. The van der Waals surface area contributed by atoms with Crippen LogP contribution in [0, 0.1) is 0 Å². The molecule has 4 aromatic heterocycles. The number of nitrogens with zero attached hydrogens (tertiary/aromatic N) is 6. The monoisotopic (exact) mass is 507 g/mol. The van der Waals surface area contributed by atoms with Crippen LogP contribution in [-0.4, -0.2) is 56.0 Å². The van der Waals surface area contributed by atoms with Crippen molar-refractivity contribution in [3.8, 4) is 11.4 Å². The van der Waals surface area contributed by atoms with E-state index in [2.05, 4.69) is 25.4 Å². The van der Waals surface area contributed by atoms with Gasteiger partial charge in [0, 0.05) is 13.2 Å². The minimum absolute atomic E-state index is 0.0985. The van der Waals surface area contributed by atoms with E-state index in [0.29, 0.717) is 6.07 Å². The molecule has 0 amide bonds. The summed E-state index contributed by atoms with van der Waals surface area (Å²) in [4.78, 5) is 11.6. The summed E-state index contributed by atoms with van der Waals surface area (Å²) in [5.74, 6) is -0.696. The summed E-state index contributed by atoms with van der Waals surface area (Å²) in [5, 5.41) is 5.60. The van der Waals surface area contributed by atoms with E-state index in [1.54, 1.807) is 0 Å². The molecule has 4 aromatic rings. The number of aryl methyl sites for hydroxylation is 1. The Morgan fingerprint density at radius 1 is 1.12 bits per heavy atom. The van der Waals surface area contributed by atoms with Crippen LogP contribution in [0.1, 0.15) is 12.6 Å². The number of sulfone groups is 1. The zero-order chi connectivity index (χ0) is 25.1. The van der Waals surface area contributed by atoms with Gasteiger partial charge in [0.1, 0.15) is 29.4 Å². The molecular formula is C18H15F6N7O2S. The standard InChI is InChI=1S/C18H15F6N7O2S/c1-3-34(32,33)16-13(14-25-5-4-12(31(14)29-16)27-8-17(19,20)21)15-28-9-6-11(18(22,23)24)26-7-10(9)30(15)2/h4-7,27H,3,8H2,1-2H3. The van der Waals surface area contributed by atoms with Crippen LogP contribution in [0.4, 0.5) is 32.2 Å². The summed E-state index contributed by atoms with van der Waals surface area (Å²) in [7, 11) is -2.63. The molecule has 1 N–H and O–H groups in total. The van der Waals surface area contributed by atoms with Gasteiger partial charge in [-0.05, 0) is 12.1 Å². The Balaban J connectivity index is 2.00. The van der Waals surface area contributed by atoms with Gasteiger partial charge in [-0.25, -0.2) is 23.4 Å². The molecule has 0 aliphatic carbocycles. The highest BCUT2D eigenvalue weighted by molar-refractivity contribution is 7.91. The van der Waals surface area contributed by atoms with Gasteiger partial charge in [0.2, 0.25) is 0 Å². The smallest absolute Gasteiger partial charge is 0.361 e. The van der Waals surface area contributed by atoms with Gasteiger partial charge in [0.25, 0.3) is 0 Å². The Bertz CT molecular complexity index is 1510. The highest BCUT2D eigenvalue weighted by atomic mass is 32.2. The average molecular weight is 507 g/mol. The molecule has 0 bridgehead atoms. The van der Waals surface area contributed by atoms with Gasteiger partial charge in [0.15, 0.2) is 20.5 Å². The highest BCUT2D eigenvalue weighted by Crippen LogP contribution is 2.35. The van der Waals surface area contributed by atoms with E-state index < -0.39 is 45.2 Å². The first kappa shape index (κ1) is 23.7. The molecule has 0 saturated heterocycles. The number of imidazole rings is 1. The maximum atomic E-state index is 13.1. The number of rotatable bonds is 5. The predicted octanol–water partition coefficient (Wildman–Crippen LogP) is 3.46. The molecule has 182 valence electrons. The van der Waals surface area contributed by atoms with Crippen LogP contribution in [0.3, 0.4) is 0 Å². The van der Waals surface area contributed by atoms with Crippen LogP contribution in [0.25, 0.3) is 28.1 Å². The minimum atomic E-state index is -4.73. The maximum Gasteiger partial charge on any atom is 0.433 e. The minimum Gasteiger partial charge on any atom is -0.361 e. The Morgan fingerprint density at radius 2 is 1.82 bits per heavy atom. The fourth-order valence-corrected chi connectivity index (χ4v) is 4.24. The van der Waals surface area contributed by atoms with Crippen LogP contribution >= 0.6 is 0 Å². The van der Waals surface area contributed by atoms with E-state index in [-0.39, 0.29) is 33.9 Å². The van der Waals surface area contributed by atoms with E-state index in [1.807, 2.05) is 0 Å². The summed E-state index contributed by atoms with van der Waals surface area (Å²) in [6, 6.07) is 1.88. The third kappa shape index (κ3) is 4.12. The van der Waals surface area contributed by atoms with Crippen molar-refractivity contribution < 1.29 is 34.8 Å². The van der Waals surface area contributed by atoms with Crippen LogP contribution in [0.2, 0.25) is 0 Å². The normalized spacial score (nSPS) is 13.2. The van der Waals surface area contributed by atoms with Crippen molar-refractivity contribution in [2.24, 2.45) is 7.05 Å². The van der Waals surface area contributed by atoms with E-state index in [0.717, 1.165) is 16.9 Å². The molecule has 0 radical (unpaired) electrons. The second-order valence-corrected chi connectivity index (χ2v) is 9.36. The lowest BCUT2D eigenvalue weighted by Gasteiger charge is -2.10. The fraction of sp³-hybridized carbons (Fsp3) is 0.333. The predicted molar refractivity (Wildman–Crippen MR) is 108 cm³/mol. The molecule has 9 nitrogen and oxygen atoms in total. The molecule has 0 unspecified atom stereocenters. The van der Waals surface area contributed by atoms with Gasteiger partial charge in [-0.1, -0.05) is 6.92 Å². The van der Waals surface area contributed by atoms with E-state index >= 15 is 0 Å². The van der Waals surface area contributed by atoms with Crippen molar-refractivity contribution in [3.05, 3.63) is 30.2 Å². The SMILES string of the molecule is CCS(=O)(=O)c1nn2c(NCC(F)(F)F)ccnc2c1-c1nc2cc(C(F)(F)F)ncc2n1C. The highest BCUT2D eigenvalue weighted by Gasteiger charge is 2.34. The lowest BCUT2D eigenvalue weighted by atomic mass is 10.3. The lowest BCUT2D eigenvalue weighted by Crippen LogP contribution is -2.22. The zero-order valence-corrected chi connectivity index (χ0v) is 18.2. The molecular weight excluding hydrogens is 492 g/mol. The maximum absolute atomic E-state index is 13.1. The number of aromatic nitrogens is 6. The van der Waals surface area contributed by atoms with Gasteiger partial charge >= 0.3 is 12.4 Å². The number of halogens is 6. The number of pyridine rings is 1.